The Balaban J connectivity index is 1.17. The molecule has 5 fully saturated rings. The van der Waals surface area contributed by atoms with Gasteiger partial charge < -0.3 is 30.5 Å². The van der Waals surface area contributed by atoms with Crippen LogP contribution in [0.2, 0.25) is 0 Å². The van der Waals surface area contributed by atoms with E-state index < -0.39 is 29.0 Å². The maximum Gasteiger partial charge on any atom is 0.350 e. The summed E-state index contributed by atoms with van der Waals surface area (Å²) in [7, 11) is 2.07. The van der Waals surface area contributed by atoms with Crippen molar-refractivity contribution in [3.05, 3.63) is 34.9 Å². The summed E-state index contributed by atoms with van der Waals surface area (Å²) in [6.45, 7) is 9.41. The number of carbonyl (C=O) groups is 3. The van der Waals surface area contributed by atoms with Gasteiger partial charge in [0.2, 0.25) is 0 Å². The van der Waals surface area contributed by atoms with Crippen molar-refractivity contribution in [1.82, 2.24) is 5.32 Å². The smallest absolute Gasteiger partial charge is 0.350 e. The molecule has 12 atom stereocenters. The molecule has 3 saturated heterocycles. The van der Waals surface area contributed by atoms with Gasteiger partial charge in [0, 0.05) is 30.6 Å². The maximum absolute atomic E-state index is 15.1. The minimum atomic E-state index is -1.93. The van der Waals surface area contributed by atoms with E-state index in [2.05, 4.69) is 60.4 Å². The fraction of sp³-hybridized carbons (Fsp3) is 0.800. The summed E-state index contributed by atoms with van der Waals surface area (Å²) in [5.41, 5.74) is -0.332. The zero-order valence-corrected chi connectivity index (χ0v) is 34.4. The van der Waals surface area contributed by atoms with Gasteiger partial charge in [-0.3, -0.25) is 9.59 Å². The van der Waals surface area contributed by atoms with Crippen LogP contribution in [-0.2, 0) is 23.9 Å². The van der Waals surface area contributed by atoms with Gasteiger partial charge >= 0.3 is 5.97 Å². The highest BCUT2D eigenvalue weighted by atomic mass is 16.7. The molecule has 10 heteroatoms. The Hall–Kier alpha value is -2.21. The van der Waals surface area contributed by atoms with E-state index in [4.69, 9.17) is 9.47 Å². The highest BCUT2D eigenvalue weighted by Crippen LogP contribution is 2.63. The predicted molar refractivity (Wildman–Crippen MR) is 210 cm³/mol. The zero-order valence-electron chi connectivity index (χ0n) is 34.4. The van der Waals surface area contributed by atoms with Crippen LogP contribution in [0.4, 0.5) is 0 Å². The number of allylic oxidation sites excluding steroid dienone is 4. The fourth-order valence-electron chi connectivity index (χ4n) is 12.2. The average molecular weight is 766 g/mol. The van der Waals surface area contributed by atoms with Gasteiger partial charge in [-0.1, -0.05) is 50.3 Å². The minimum absolute atomic E-state index is 0.0570. The van der Waals surface area contributed by atoms with Gasteiger partial charge in [0.1, 0.15) is 25.5 Å². The number of rotatable bonds is 11. The van der Waals surface area contributed by atoms with E-state index in [9.17, 15) is 14.7 Å². The normalized spacial score (nSPS) is 41.0. The second-order valence-corrected chi connectivity index (χ2v) is 18.9. The molecule has 8 N–H and O–H groups in total. The highest BCUT2D eigenvalue weighted by molar-refractivity contribution is 6.23. The summed E-state index contributed by atoms with van der Waals surface area (Å²) in [5, 5.41) is 21.3. The molecule has 4 aliphatic carbocycles. The second kappa shape index (κ2) is 17.7. The molecule has 3 heterocycles. The Morgan fingerprint density at radius 2 is 1.82 bits per heavy atom. The molecule has 10 nitrogen and oxygen atoms in total. The number of likely N-dealkylation sites (N-methyl/N-ethyl adjacent to an activating group) is 1. The predicted octanol–water partition coefficient (Wildman–Crippen LogP) is 2.43. The number of ether oxygens (including phenoxy) is 2. The quantitative estimate of drug-likeness (QED) is 0.0712. The molecule has 55 heavy (non-hydrogen) atoms. The number of nitrogens with one attached hydrogen (secondary N) is 1. The Labute approximate surface area is 329 Å². The van der Waals surface area contributed by atoms with Crippen molar-refractivity contribution in [2.45, 2.75) is 140 Å². The molecule has 0 radical (unpaired) electrons. The first-order valence-corrected chi connectivity index (χ1v) is 22.5. The van der Waals surface area contributed by atoms with E-state index in [0.29, 0.717) is 36.3 Å². The van der Waals surface area contributed by atoms with Crippen LogP contribution in [0.15, 0.2) is 34.9 Å². The lowest BCUT2D eigenvalue weighted by Gasteiger charge is -2.42. The summed E-state index contributed by atoms with van der Waals surface area (Å²) in [6, 6.07) is 0.179. The summed E-state index contributed by atoms with van der Waals surface area (Å²) in [4.78, 5) is 44.8. The van der Waals surface area contributed by atoms with Crippen molar-refractivity contribution < 1.29 is 44.9 Å². The number of quaternary nitrogens is 3. The lowest BCUT2D eigenvalue weighted by molar-refractivity contribution is -0.716. The number of esters is 1. The van der Waals surface area contributed by atoms with E-state index in [-0.39, 0.29) is 49.1 Å². The molecular formula is C45H73N4O6+3. The molecule has 0 amide bonds. The van der Waals surface area contributed by atoms with Crippen LogP contribution in [0.1, 0.15) is 117 Å². The number of cyclic esters (lactones) is 1. The highest BCUT2D eigenvalue weighted by Gasteiger charge is 2.87. The van der Waals surface area contributed by atoms with Crippen LogP contribution in [0.3, 0.4) is 0 Å². The molecule has 0 aromatic rings. The third-order valence-electron chi connectivity index (χ3n) is 15.3. The molecular weight excluding hydrogens is 693 g/mol. The number of epoxide rings is 1. The van der Waals surface area contributed by atoms with Gasteiger partial charge in [0.25, 0.3) is 5.60 Å². The molecule has 0 aromatic carbocycles. The summed E-state index contributed by atoms with van der Waals surface area (Å²) in [6.07, 6.45) is 21.8. The molecule has 0 aromatic heterocycles. The Bertz CT molecular complexity index is 1510. The number of nitrogens with two attached hydrogens (primary N) is 3. The molecule has 3 aliphatic heterocycles. The number of fused-ring (bicyclic) bond motifs is 1. The van der Waals surface area contributed by atoms with Gasteiger partial charge in [-0.25, -0.2) is 10.1 Å². The Morgan fingerprint density at radius 3 is 2.62 bits per heavy atom. The first-order chi connectivity index (χ1) is 26.6. The van der Waals surface area contributed by atoms with Crippen molar-refractivity contribution in [2.75, 3.05) is 40.0 Å². The van der Waals surface area contributed by atoms with Crippen LogP contribution in [0.5, 0.6) is 0 Å². The van der Waals surface area contributed by atoms with E-state index in [1.807, 2.05) is 6.92 Å². The van der Waals surface area contributed by atoms with Gasteiger partial charge in [0.05, 0.1) is 26.7 Å². The number of aliphatic hydroxyl groups excluding tert-OH is 1. The first-order valence-electron chi connectivity index (χ1n) is 22.5. The number of carbonyl (C=O) groups excluding carboxylic acids is 3. The molecule has 1 spiro atoms. The zero-order chi connectivity index (χ0) is 38.7. The molecule has 2 saturated carbocycles. The minimum Gasteiger partial charge on any atom is -0.463 e. The SMILES string of the molecule is CC[NH2+]C1C=C2C=CCC3CCCCC(C)CC4CCCC5C(=O)C6(CC(CO)=C(C)CCC7CC[NH2+]C(NC[NH2+]C)C7)OC6(C(=O)OCC1CC23)C(=O)C45. The Kier molecular flexibility index (Phi) is 13.2. The largest absolute Gasteiger partial charge is 0.463 e. The van der Waals surface area contributed by atoms with Crippen molar-refractivity contribution >= 4 is 17.5 Å². The third kappa shape index (κ3) is 8.11. The Morgan fingerprint density at radius 1 is 1.00 bits per heavy atom. The topological polar surface area (TPSA) is 155 Å². The standard InChI is InChI=1S/C45H70N4O6/c1-5-47-38-23-32-13-8-12-31-11-7-6-10-28(2)20-33-14-9-15-36-40(33)42(52)45(43(53)54-26-34(38)22-37(31)32)44(55-45,41(36)51)24-35(25-50)29(3)16-17-30-18-19-48-39(21-30)49-27-46-4/h8,13,23,28,30-31,33-34,36-40,46-50H,5-7,9-12,14-22,24-27H2,1-4H3/p+3. The van der Waals surface area contributed by atoms with Crippen LogP contribution in [0.25, 0.3) is 0 Å². The van der Waals surface area contributed by atoms with Gasteiger partial charge in [-0.15, -0.1) is 0 Å². The second-order valence-electron chi connectivity index (χ2n) is 18.9. The van der Waals surface area contributed by atoms with Crippen LogP contribution >= 0.6 is 0 Å². The number of piperidine rings is 1. The monoisotopic (exact) mass is 766 g/mol. The fourth-order valence-corrected chi connectivity index (χ4v) is 12.2. The van der Waals surface area contributed by atoms with Crippen molar-refractivity contribution in [3.8, 4) is 0 Å². The number of ketones is 2. The van der Waals surface area contributed by atoms with E-state index in [1.165, 1.54) is 24.8 Å². The summed E-state index contributed by atoms with van der Waals surface area (Å²) < 4.78 is 12.8. The number of Topliss-reactive ketones (excluding diaryl/α,β-unsaturated/α-hetero) is 2. The number of aliphatic hydroxyl groups is 1. The molecule has 7 aliphatic rings. The molecule has 4 bridgehead atoms. The summed E-state index contributed by atoms with van der Waals surface area (Å²) in [5.74, 6) is 0.252. The van der Waals surface area contributed by atoms with Crippen LogP contribution in [-0.4, -0.2) is 86.1 Å². The van der Waals surface area contributed by atoms with Crippen LogP contribution in [0, 0.1) is 47.3 Å². The number of hydrogen-bond acceptors (Lipinski definition) is 7. The average Bonchev–Trinajstić information content (AvgIpc) is 3.89. The van der Waals surface area contributed by atoms with Crippen molar-refractivity contribution in [1.29, 1.82) is 0 Å². The number of hydrogen-bond donors (Lipinski definition) is 5. The van der Waals surface area contributed by atoms with Gasteiger partial charge in [0.15, 0.2) is 17.2 Å². The van der Waals surface area contributed by atoms with E-state index >= 15 is 4.79 Å². The van der Waals surface area contributed by atoms with Crippen molar-refractivity contribution in [2.24, 2.45) is 47.3 Å². The molecule has 7 rings (SSSR count). The first kappa shape index (κ1) is 41.0. The van der Waals surface area contributed by atoms with E-state index in [0.717, 1.165) is 95.1 Å². The lowest BCUT2D eigenvalue weighted by atomic mass is 9.56. The molecule has 12 unspecified atom stereocenters. The van der Waals surface area contributed by atoms with Gasteiger partial charge in [-0.2, -0.15) is 0 Å². The molecule has 306 valence electrons. The third-order valence-corrected chi connectivity index (χ3v) is 15.3. The van der Waals surface area contributed by atoms with Gasteiger partial charge in [-0.05, 0) is 118 Å². The van der Waals surface area contributed by atoms with E-state index in [1.54, 1.807) is 0 Å². The summed E-state index contributed by atoms with van der Waals surface area (Å²) >= 11 is 0. The lowest BCUT2D eigenvalue weighted by Crippen LogP contribution is -2.97. The van der Waals surface area contributed by atoms with Crippen molar-refractivity contribution in [3.63, 3.8) is 0 Å². The van der Waals surface area contributed by atoms with Crippen LogP contribution < -0.4 is 21.3 Å². The maximum atomic E-state index is 15.1.